The van der Waals surface area contributed by atoms with Crippen molar-refractivity contribution in [2.45, 2.75) is 53.0 Å². The summed E-state index contributed by atoms with van der Waals surface area (Å²) in [6.45, 7) is 8.45. The number of amidine groups is 1. The first-order chi connectivity index (χ1) is 19.2. The molecule has 1 aliphatic heterocycles. The minimum Gasteiger partial charge on any atom is -0.508 e. The maximum atomic E-state index is 12.2. The number of hydrogen-bond donors (Lipinski definition) is 2. The van der Waals surface area contributed by atoms with Crippen molar-refractivity contribution in [1.82, 2.24) is 9.88 Å². The second-order valence-electron chi connectivity index (χ2n) is 11.3. The molecule has 4 rings (SSSR count). The number of carboxylic acids is 1. The van der Waals surface area contributed by atoms with Crippen LogP contribution in [0.5, 0.6) is 5.75 Å². The van der Waals surface area contributed by atoms with Crippen LogP contribution in [-0.2, 0) is 24.2 Å². The highest BCUT2D eigenvalue weighted by atomic mass is 16.4. The normalized spacial score (nSPS) is 16.3. The lowest BCUT2D eigenvalue weighted by molar-refractivity contribution is -0.152. The third-order valence-corrected chi connectivity index (χ3v) is 7.77. The summed E-state index contributed by atoms with van der Waals surface area (Å²) in [5.74, 6) is 0.688. The van der Waals surface area contributed by atoms with Crippen molar-refractivity contribution in [2.24, 2.45) is 21.3 Å². The van der Waals surface area contributed by atoms with Crippen molar-refractivity contribution < 1.29 is 15.0 Å². The van der Waals surface area contributed by atoms with E-state index < -0.39 is 11.4 Å². The Morgan fingerprint density at radius 2 is 1.75 bits per heavy atom. The number of phenolic OH excluding ortho intramolecular Hbond substituents is 1. The summed E-state index contributed by atoms with van der Waals surface area (Å²) in [6.07, 6.45) is 6.06. The molecule has 2 heterocycles. The number of aromatic nitrogens is 1. The predicted octanol–water partition coefficient (Wildman–Crippen LogP) is 5.78. The van der Waals surface area contributed by atoms with Crippen LogP contribution in [-0.4, -0.2) is 57.8 Å². The van der Waals surface area contributed by atoms with Gasteiger partial charge in [-0.15, -0.1) is 0 Å². The lowest BCUT2D eigenvalue weighted by Gasteiger charge is -2.39. The topological polar surface area (TPSA) is 98.4 Å². The van der Waals surface area contributed by atoms with Gasteiger partial charge in [-0.05, 0) is 86.0 Å². The fourth-order valence-electron chi connectivity index (χ4n) is 5.38. The van der Waals surface area contributed by atoms with E-state index in [9.17, 15) is 15.0 Å². The average Bonchev–Trinajstić information content (AvgIpc) is 2.94. The quantitative estimate of drug-likeness (QED) is 0.265. The number of aromatic hydroxyl groups is 1. The highest BCUT2D eigenvalue weighted by Gasteiger charge is 2.41. The number of likely N-dealkylation sites (tertiary alicyclic amines) is 1. The molecule has 1 aromatic heterocycles. The molecule has 2 N–H and O–H groups in total. The van der Waals surface area contributed by atoms with Crippen molar-refractivity contribution in [3.05, 3.63) is 94.8 Å². The minimum atomic E-state index is -0.739. The molecule has 0 atom stereocenters. The second kappa shape index (κ2) is 13.0. The molecule has 40 heavy (non-hydrogen) atoms. The molecule has 1 fully saturated rings. The van der Waals surface area contributed by atoms with Crippen molar-refractivity contribution >= 4 is 17.5 Å². The highest BCUT2D eigenvalue weighted by Crippen LogP contribution is 2.36. The van der Waals surface area contributed by atoms with E-state index in [2.05, 4.69) is 40.9 Å². The van der Waals surface area contributed by atoms with Crippen LogP contribution in [0.2, 0.25) is 0 Å². The summed E-state index contributed by atoms with van der Waals surface area (Å²) >= 11 is 0. The largest absolute Gasteiger partial charge is 0.508 e. The van der Waals surface area contributed by atoms with Crippen LogP contribution < -0.4 is 0 Å². The lowest BCUT2D eigenvalue weighted by Crippen LogP contribution is -2.45. The van der Waals surface area contributed by atoms with Crippen molar-refractivity contribution in [1.29, 1.82) is 0 Å². The van der Waals surface area contributed by atoms with Crippen LogP contribution in [0.4, 0.5) is 0 Å². The third kappa shape index (κ3) is 7.21. The molecule has 0 unspecified atom stereocenters. The van der Waals surface area contributed by atoms with Gasteiger partial charge in [-0.2, -0.15) is 0 Å². The van der Waals surface area contributed by atoms with Crippen LogP contribution in [0.25, 0.3) is 0 Å². The summed E-state index contributed by atoms with van der Waals surface area (Å²) in [5.41, 5.74) is 4.93. The Labute approximate surface area is 237 Å². The van der Waals surface area contributed by atoms with Crippen molar-refractivity contribution in [2.75, 3.05) is 20.1 Å². The number of aliphatic imine (C=N–C) groups is 2. The molecule has 0 saturated carbocycles. The zero-order valence-electron chi connectivity index (χ0n) is 24.0. The van der Waals surface area contributed by atoms with E-state index in [1.807, 2.05) is 43.3 Å². The number of carbonyl (C=O) groups is 1. The van der Waals surface area contributed by atoms with Gasteiger partial charge in [-0.25, -0.2) is 4.99 Å². The first-order valence-electron chi connectivity index (χ1n) is 14.0. The molecule has 1 aliphatic rings. The zero-order chi connectivity index (χ0) is 28.7. The first kappa shape index (κ1) is 29.2. The van der Waals surface area contributed by atoms with Gasteiger partial charge in [0.15, 0.2) is 5.84 Å². The maximum absolute atomic E-state index is 12.2. The number of pyridine rings is 1. The van der Waals surface area contributed by atoms with E-state index in [1.165, 1.54) is 5.56 Å². The minimum absolute atomic E-state index is 0.301. The molecule has 0 bridgehead atoms. The van der Waals surface area contributed by atoms with E-state index in [-0.39, 0.29) is 0 Å². The van der Waals surface area contributed by atoms with Crippen LogP contribution in [0, 0.1) is 11.3 Å². The second-order valence-corrected chi connectivity index (χ2v) is 11.3. The van der Waals surface area contributed by atoms with Gasteiger partial charge in [0, 0.05) is 37.3 Å². The zero-order valence-corrected chi connectivity index (χ0v) is 24.0. The average molecular weight is 541 g/mol. The molecular weight excluding hydrogens is 500 g/mol. The molecule has 1 saturated heterocycles. The Hall–Kier alpha value is -3.84. The van der Waals surface area contributed by atoms with Crippen molar-refractivity contribution in [3.63, 3.8) is 0 Å². The van der Waals surface area contributed by atoms with Crippen molar-refractivity contribution in [3.8, 4) is 5.75 Å². The van der Waals surface area contributed by atoms with Gasteiger partial charge >= 0.3 is 5.97 Å². The molecule has 2 aromatic carbocycles. The highest BCUT2D eigenvalue weighted by molar-refractivity contribution is 6.11. The van der Waals surface area contributed by atoms with Gasteiger partial charge in [0.2, 0.25) is 0 Å². The summed E-state index contributed by atoms with van der Waals surface area (Å²) in [6, 6.07) is 17.8. The number of rotatable bonds is 9. The molecule has 0 radical (unpaired) electrons. The molecule has 7 heteroatoms. The van der Waals surface area contributed by atoms with Gasteiger partial charge in [0.25, 0.3) is 0 Å². The number of benzene rings is 2. The van der Waals surface area contributed by atoms with Gasteiger partial charge in [0.1, 0.15) is 5.75 Å². The number of hydrogen-bond acceptors (Lipinski definition) is 5. The number of aliphatic carboxylic acids is 1. The SMILES string of the molecule is CN=C(N=C(C)c1ccc(CC(C)C)c(O)c1)c1ccc(CN2CCC(Cc3cccnc3)(C(=O)O)CC2)cc1. The fourth-order valence-corrected chi connectivity index (χ4v) is 5.38. The molecular formula is C33H40N4O3. The fraction of sp³-hybridized carbons (Fsp3) is 0.394. The lowest BCUT2D eigenvalue weighted by atomic mass is 9.74. The van der Waals surface area contributed by atoms with E-state index in [0.717, 1.165) is 54.0 Å². The number of phenols is 1. The Morgan fingerprint density at radius 3 is 2.33 bits per heavy atom. The van der Waals surface area contributed by atoms with Crippen LogP contribution in [0.3, 0.4) is 0 Å². The Bertz CT molecular complexity index is 1360. The molecule has 0 spiro atoms. The predicted molar refractivity (Wildman–Crippen MR) is 160 cm³/mol. The smallest absolute Gasteiger partial charge is 0.310 e. The summed E-state index contributed by atoms with van der Waals surface area (Å²) < 4.78 is 0. The summed E-state index contributed by atoms with van der Waals surface area (Å²) in [4.78, 5) is 27.9. The Morgan fingerprint density at radius 1 is 1.05 bits per heavy atom. The Balaban J connectivity index is 1.38. The van der Waals surface area contributed by atoms with E-state index in [0.29, 0.717) is 36.8 Å². The molecule has 7 nitrogen and oxygen atoms in total. The van der Waals surface area contributed by atoms with Gasteiger partial charge in [0.05, 0.1) is 5.41 Å². The third-order valence-electron chi connectivity index (χ3n) is 7.77. The molecule has 0 aliphatic carbocycles. The molecule has 0 amide bonds. The van der Waals surface area contributed by atoms with Gasteiger partial charge < -0.3 is 10.2 Å². The monoisotopic (exact) mass is 540 g/mol. The molecule has 210 valence electrons. The number of nitrogens with zero attached hydrogens (tertiary/aromatic N) is 4. The summed E-state index contributed by atoms with van der Waals surface area (Å²) in [5, 5.41) is 20.5. The first-order valence-corrected chi connectivity index (χ1v) is 14.0. The maximum Gasteiger partial charge on any atom is 0.310 e. The number of piperidine rings is 1. The van der Waals surface area contributed by atoms with Crippen LogP contribution >= 0.6 is 0 Å². The van der Waals surface area contributed by atoms with Gasteiger partial charge in [-0.1, -0.05) is 56.3 Å². The van der Waals surface area contributed by atoms with E-state index in [1.54, 1.807) is 25.5 Å². The van der Waals surface area contributed by atoms with Crippen LogP contribution in [0.15, 0.2) is 77.0 Å². The van der Waals surface area contributed by atoms with Crippen LogP contribution in [0.1, 0.15) is 61.4 Å². The number of carboxylic acid groups (broad SMARTS) is 1. The van der Waals surface area contributed by atoms with E-state index in [4.69, 9.17) is 4.99 Å². The summed E-state index contributed by atoms with van der Waals surface area (Å²) in [7, 11) is 1.73. The van der Waals surface area contributed by atoms with Gasteiger partial charge in [-0.3, -0.25) is 19.7 Å². The van der Waals surface area contributed by atoms with E-state index >= 15 is 0 Å². The Kier molecular flexibility index (Phi) is 9.48. The standard InChI is InChI=1S/C33H40N4O3/c1-23(2)18-29-12-11-28(19-30(29)38)24(3)36-31(34-4)27-9-7-25(8-10-27)22-37-16-13-33(14-17-37,32(39)40)20-26-6-5-15-35-21-26/h5-12,15,19,21,23,38H,13-14,16-18,20,22H2,1-4H3,(H,39,40). The molecule has 3 aromatic rings.